The topological polar surface area (TPSA) is 68.7 Å². The number of nitrogens with zero attached hydrogens (tertiary/aromatic N) is 1. The molecule has 1 fully saturated rings. The van der Waals surface area contributed by atoms with E-state index in [1.807, 2.05) is 11.0 Å². The molecule has 0 aliphatic carbocycles. The second-order valence-electron chi connectivity index (χ2n) is 4.25. The predicted molar refractivity (Wildman–Crippen MR) is 69.9 cm³/mol. The van der Waals surface area contributed by atoms with Gasteiger partial charge in [0.1, 0.15) is 11.3 Å². The summed E-state index contributed by atoms with van der Waals surface area (Å²) in [6.45, 7) is 2.61. The molecule has 2 aromatic rings. The van der Waals surface area contributed by atoms with Gasteiger partial charge in [0.25, 0.3) is 0 Å². The Bertz CT molecular complexity index is 630. The fourth-order valence-electron chi connectivity index (χ4n) is 2.15. The maximum absolute atomic E-state index is 12.1. The Morgan fingerprint density at radius 3 is 2.67 bits per heavy atom. The van der Waals surface area contributed by atoms with E-state index in [4.69, 9.17) is 14.9 Å². The number of morpholine rings is 1. The van der Waals surface area contributed by atoms with Crippen molar-refractivity contribution >= 4 is 22.5 Å². The molecule has 5 nitrogen and oxygen atoms in total. The zero-order valence-corrected chi connectivity index (χ0v) is 9.89. The van der Waals surface area contributed by atoms with E-state index in [-0.39, 0.29) is 11.1 Å². The summed E-state index contributed by atoms with van der Waals surface area (Å²) in [5.74, 6) is 0.460. The fourth-order valence-corrected chi connectivity index (χ4v) is 2.15. The zero-order chi connectivity index (χ0) is 12.5. The van der Waals surface area contributed by atoms with Gasteiger partial charge in [-0.1, -0.05) is 12.1 Å². The highest BCUT2D eigenvalue weighted by molar-refractivity contribution is 5.83. The van der Waals surface area contributed by atoms with Crippen molar-refractivity contribution in [2.45, 2.75) is 0 Å². The first-order valence-electron chi connectivity index (χ1n) is 5.91. The van der Waals surface area contributed by atoms with Gasteiger partial charge < -0.3 is 19.8 Å². The van der Waals surface area contributed by atoms with Crippen molar-refractivity contribution in [2.24, 2.45) is 0 Å². The van der Waals surface area contributed by atoms with Crippen molar-refractivity contribution in [1.82, 2.24) is 0 Å². The SMILES string of the molecule is Nc1c(N2CCOCC2)oc2ccccc2c1=O. The van der Waals surface area contributed by atoms with E-state index in [0.29, 0.717) is 43.2 Å². The number of hydrogen-bond donors (Lipinski definition) is 1. The van der Waals surface area contributed by atoms with E-state index in [2.05, 4.69) is 0 Å². The molecule has 1 aromatic carbocycles. The summed E-state index contributed by atoms with van der Waals surface area (Å²) in [6, 6.07) is 7.14. The predicted octanol–water partition coefficient (Wildman–Crippen LogP) is 1.21. The normalized spacial score (nSPS) is 16.1. The summed E-state index contributed by atoms with van der Waals surface area (Å²) >= 11 is 0. The molecular formula is C13H14N2O3. The summed E-state index contributed by atoms with van der Waals surface area (Å²) in [6.07, 6.45) is 0. The molecule has 0 spiro atoms. The molecule has 1 aromatic heterocycles. The van der Waals surface area contributed by atoms with E-state index in [9.17, 15) is 4.79 Å². The Balaban J connectivity index is 2.17. The van der Waals surface area contributed by atoms with Crippen LogP contribution < -0.4 is 16.1 Å². The molecule has 0 atom stereocenters. The van der Waals surface area contributed by atoms with Gasteiger partial charge in [-0.25, -0.2) is 0 Å². The summed E-state index contributed by atoms with van der Waals surface area (Å²) in [5.41, 5.74) is 6.47. The van der Waals surface area contributed by atoms with Crippen LogP contribution in [0.3, 0.4) is 0 Å². The van der Waals surface area contributed by atoms with Gasteiger partial charge in [0.2, 0.25) is 11.3 Å². The molecule has 94 valence electrons. The number of benzene rings is 1. The van der Waals surface area contributed by atoms with Crippen LogP contribution in [0.2, 0.25) is 0 Å². The van der Waals surface area contributed by atoms with Crippen LogP contribution in [0.25, 0.3) is 11.0 Å². The molecule has 18 heavy (non-hydrogen) atoms. The molecule has 1 aliphatic rings. The maximum Gasteiger partial charge on any atom is 0.223 e. The van der Waals surface area contributed by atoms with Crippen LogP contribution in [-0.2, 0) is 4.74 Å². The third kappa shape index (κ3) is 1.73. The minimum Gasteiger partial charge on any atom is -0.438 e. The molecule has 0 amide bonds. The van der Waals surface area contributed by atoms with E-state index in [0.717, 1.165) is 0 Å². The molecule has 2 heterocycles. The fraction of sp³-hybridized carbons (Fsp3) is 0.308. The third-order valence-corrected chi connectivity index (χ3v) is 3.11. The monoisotopic (exact) mass is 246 g/mol. The Morgan fingerprint density at radius 1 is 1.17 bits per heavy atom. The van der Waals surface area contributed by atoms with Crippen molar-refractivity contribution in [1.29, 1.82) is 0 Å². The minimum atomic E-state index is -0.168. The average Bonchev–Trinajstić information content (AvgIpc) is 2.44. The minimum absolute atomic E-state index is 0.168. The highest BCUT2D eigenvalue weighted by atomic mass is 16.5. The highest BCUT2D eigenvalue weighted by Crippen LogP contribution is 2.25. The largest absolute Gasteiger partial charge is 0.438 e. The molecule has 1 aliphatic heterocycles. The molecule has 1 saturated heterocycles. The van der Waals surface area contributed by atoms with Gasteiger partial charge in [0.05, 0.1) is 18.6 Å². The number of nitrogens with two attached hydrogens (primary N) is 1. The van der Waals surface area contributed by atoms with Crippen molar-refractivity contribution in [3.8, 4) is 0 Å². The number of rotatable bonds is 1. The second kappa shape index (κ2) is 4.34. The lowest BCUT2D eigenvalue weighted by molar-refractivity contribution is 0.121. The number of hydrogen-bond acceptors (Lipinski definition) is 5. The van der Waals surface area contributed by atoms with Crippen molar-refractivity contribution in [2.75, 3.05) is 36.9 Å². The standard InChI is InChI=1S/C13H14N2O3/c14-11-12(16)9-3-1-2-4-10(9)18-13(11)15-5-7-17-8-6-15/h1-4H,5-8,14H2. The molecule has 3 rings (SSSR count). The van der Waals surface area contributed by atoms with Gasteiger partial charge in [-0.15, -0.1) is 0 Å². The summed E-state index contributed by atoms with van der Waals surface area (Å²) in [7, 11) is 0. The summed E-state index contributed by atoms with van der Waals surface area (Å²) in [4.78, 5) is 14.1. The van der Waals surface area contributed by atoms with E-state index >= 15 is 0 Å². The van der Waals surface area contributed by atoms with E-state index in [1.165, 1.54) is 0 Å². The van der Waals surface area contributed by atoms with Gasteiger partial charge in [-0.05, 0) is 12.1 Å². The Kier molecular flexibility index (Phi) is 2.68. The molecule has 5 heteroatoms. The van der Waals surface area contributed by atoms with Crippen LogP contribution in [0.1, 0.15) is 0 Å². The first kappa shape index (κ1) is 11.1. The van der Waals surface area contributed by atoms with Crippen LogP contribution in [0, 0.1) is 0 Å². The Morgan fingerprint density at radius 2 is 1.89 bits per heavy atom. The van der Waals surface area contributed by atoms with Crippen LogP contribution in [0.5, 0.6) is 0 Å². The van der Waals surface area contributed by atoms with Crippen LogP contribution in [-0.4, -0.2) is 26.3 Å². The molecule has 0 unspecified atom stereocenters. The van der Waals surface area contributed by atoms with E-state index < -0.39 is 0 Å². The first-order valence-corrected chi connectivity index (χ1v) is 5.91. The number of fused-ring (bicyclic) bond motifs is 1. The molecule has 0 radical (unpaired) electrons. The Labute approximate surface area is 104 Å². The van der Waals surface area contributed by atoms with Crippen molar-refractivity contribution in [3.63, 3.8) is 0 Å². The summed E-state index contributed by atoms with van der Waals surface area (Å²) in [5, 5.41) is 0.520. The van der Waals surface area contributed by atoms with Gasteiger partial charge in [0.15, 0.2) is 0 Å². The highest BCUT2D eigenvalue weighted by Gasteiger charge is 2.19. The van der Waals surface area contributed by atoms with Crippen LogP contribution in [0.15, 0.2) is 33.5 Å². The van der Waals surface area contributed by atoms with Gasteiger partial charge in [0, 0.05) is 13.1 Å². The van der Waals surface area contributed by atoms with Gasteiger partial charge in [-0.2, -0.15) is 0 Å². The summed E-state index contributed by atoms with van der Waals surface area (Å²) < 4.78 is 11.0. The molecule has 2 N–H and O–H groups in total. The van der Waals surface area contributed by atoms with Crippen molar-refractivity contribution < 1.29 is 9.15 Å². The molecule has 0 bridgehead atoms. The average molecular weight is 246 g/mol. The van der Waals surface area contributed by atoms with Crippen LogP contribution >= 0.6 is 0 Å². The second-order valence-corrected chi connectivity index (χ2v) is 4.25. The lowest BCUT2D eigenvalue weighted by atomic mass is 10.2. The number of ether oxygens (including phenoxy) is 1. The number of anilines is 2. The first-order chi connectivity index (χ1) is 8.77. The van der Waals surface area contributed by atoms with E-state index in [1.54, 1.807) is 18.2 Å². The van der Waals surface area contributed by atoms with Gasteiger partial charge >= 0.3 is 0 Å². The zero-order valence-electron chi connectivity index (χ0n) is 9.89. The van der Waals surface area contributed by atoms with Crippen molar-refractivity contribution in [3.05, 3.63) is 34.5 Å². The molecule has 0 saturated carbocycles. The lowest BCUT2D eigenvalue weighted by Crippen LogP contribution is -2.37. The maximum atomic E-state index is 12.1. The number of nitrogen functional groups attached to an aromatic ring is 1. The smallest absolute Gasteiger partial charge is 0.223 e. The number of para-hydroxylation sites is 1. The quantitative estimate of drug-likeness (QED) is 0.819. The van der Waals surface area contributed by atoms with Gasteiger partial charge in [-0.3, -0.25) is 4.79 Å². The lowest BCUT2D eigenvalue weighted by Gasteiger charge is -2.28. The van der Waals surface area contributed by atoms with Crippen LogP contribution in [0.4, 0.5) is 11.6 Å². The Hall–Kier alpha value is -2.01. The third-order valence-electron chi connectivity index (χ3n) is 3.11. The molecular weight excluding hydrogens is 232 g/mol.